The zero-order chi connectivity index (χ0) is 10.1. The van der Waals surface area contributed by atoms with E-state index in [0.717, 1.165) is 30.6 Å². The van der Waals surface area contributed by atoms with Crippen molar-refractivity contribution < 1.29 is 10.0 Å². The van der Waals surface area contributed by atoms with Gasteiger partial charge >= 0.3 is 7.12 Å². The highest BCUT2D eigenvalue weighted by Gasteiger charge is 2.21. The van der Waals surface area contributed by atoms with Crippen LogP contribution >= 0.6 is 11.6 Å². The van der Waals surface area contributed by atoms with E-state index in [0.29, 0.717) is 10.5 Å². The number of rotatable bonds is 1. The Balaban J connectivity index is 2.52. The summed E-state index contributed by atoms with van der Waals surface area (Å²) in [5, 5.41) is 22.0. The van der Waals surface area contributed by atoms with Crippen molar-refractivity contribution in [2.24, 2.45) is 0 Å². The first-order chi connectivity index (χ1) is 6.68. The summed E-state index contributed by atoms with van der Waals surface area (Å²) >= 11 is 5.88. The Labute approximate surface area is 87.9 Å². The summed E-state index contributed by atoms with van der Waals surface area (Å²) in [5.41, 5.74) is 2.36. The average molecular weight is 211 g/mol. The van der Waals surface area contributed by atoms with E-state index in [2.05, 4.69) is 5.32 Å². The molecule has 1 aliphatic rings. The molecule has 14 heavy (non-hydrogen) atoms. The van der Waals surface area contributed by atoms with Gasteiger partial charge in [0.2, 0.25) is 0 Å². The average Bonchev–Trinajstić information content (AvgIpc) is 2.16. The molecule has 1 heterocycles. The van der Waals surface area contributed by atoms with Crippen LogP contribution in [0.15, 0.2) is 12.1 Å². The Hall–Kier alpha value is -0.705. The molecule has 1 aromatic rings. The maximum atomic E-state index is 9.16. The second-order valence-electron chi connectivity index (χ2n) is 3.43. The fraction of sp³-hybridized carbons (Fsp3) is 0.333. The monoisotopic (exact) mass is 211 g/mol. The van der Waals surface area contributed by atoms with Crippen LogP contribution in [-0.4, -0.2) is 23.7 Å². The highest BCUT2D eigenvalue weighted by atomic mass is 35.5. The van der Waals surface area contributed by atoms with Crippen molar-refractivity contribution in [3.05, 3.63) is 22.7 Å². The second-order valence-corrected chi connectivity index (χ2v) is 3.87. The van der Waals surface area contributed by atoms with Crippen molar-refractivity contribution >= 4 is 29.9 Å². The minimum Gasteiger partial charge on any atom is -0.423 e. The molecule has 0 saturated carbocycles. The Bertz CT molecular complexity index is 357. The van der Waals surface area contributed by atoms with E-state index in [-0.39, 0.29) is 0 Å². The predicted molar refractivity (Wildman–Crippen MR) is 58.1 cm³/mol. The molecule has 0 bridgehead atoms. The summed E-state index contributed by atoms with van der Waals surface area (Å²) in [4.78, 5) is 0. The molecule has 0 atom stereocenters. The highest BCUT2D eigenvalue weighted by molar-refractivity contribution is 6.61. The quantitative estimate of drug-likeness (QED) is 0.589. The Morgan fingerprint density at radius 1 is 1.36 bits per heavy atom. The maximum Gasteiger partial charge on any atom is 0.490 e. The lowest BCUT2D eigenvalue weighted by molar-refractivity contribution is 0.426. The first-order valence-corrected chi connectivity index (χ1v) is 4.98. The molecular formula is C9H11BClNO2. The topological polar surface area (TPSA) is 52.5 Å². The molecule has 0 aliphatic carbocycles. The standard InChI is InChI=1S/C9H11BClNO2/c11-7-4-6-2-1-3-12-9(6)8(5-7)10(13)14/h4-5,12-14H,1-3H2. The first-order valence-electron chi connectivity index (χ1n) is 4.61. The van der Waals surface area contributed by atoms with Crippen molar-refractivity contribution in [3.8, 4) is 0 Å². The molecule has 0 aromatic heterocycles. The van der Waals surface area contributed by atoms with Gasteiger partial charge in [-0.2, -0.15) is 0 Å². The number of aryl methyl sites for hydroxylation is 1. The molecule has 0 amide bonds. The lowest BCUT2D eigenvalue weighted by Crippen LogP contribution is -2.34. The largest absolute Gasteiger partial charge is 0.490 e. The highest BCUT2D eigenvalue weighted by Crippen LogP contribution is 2.23. The fourth-order valence-electron chi connectivity index (χ4n) is 1.80. The zero-order valence-corrected chi connectivity index (χ0v) is 8.38. The van der Waals surface area contributed by atoms with Gasteiger partial charge in [-0.05, 0) is 30.5 Å². The minimum absolute atomic E-state index is 0.465. The lowest BCUT2D eigenvalue weighted by Gasteiger charge is -2.21. The minimum atomic E-state index is -1.46. The maximum absolute atomic E-state index is 9.16. The van der Waals surface area contributed by atoms with Gasteiger partial charge in [-0.3, -0.25) is 0 Å². The zero-order valence-electron chi connectivity index (χ0n) is 7.63. The van der Waals surface area contributed by atoms with Crippen molar-refractivity contribution in [3.63, 3.8) is 0 Å². The van der Waals surface area contributed by atoms with Gasteiger partial charge in [0.15, 0.2) is 0 Å². The summed E-state index contributed by atoms with van der Waals surface area (Å²) in [6, 6.07) is 3.46. The SMILES string of the molecule is OB(O)c1cc(Cl)cc2c1NCCC2. The smallest absolute Gasteiger partial charge is 0.423 e. The molecule has 74 valence electrons. The number of nitrogens with one attached hydrogen (secondary N) is 1. The molecule has 5 heteroatoms. The number of hydrogen-bond donors (Lipinski definition) is 3. The summed E-state index contributed by atoms with van der Waals surface area (Å²) < 4.78 is 0. The van der Waals surface area contributed by atoms with Gasteiger partial charge in [-0.1, -0.05) is 11.6 Å². The third-order valence-corrected chi connectivity index (χ3v) is 2.64. The van der Waals surface area contributed by atoms with E-state index >= 15 is 0 Å². The number of fused-ring (bicyclic) bond motifs is 1. The van der Waals surface area contributed by atoms with Crippen LogP contribution in [0, 0.1) is 0 Å². The second kappa shape index (κ2) is 3.81. The molecule has 3 nitrogen and oxygen atoms in total. The summed E-state index contributed by atoms with van der Waals surface area (Å²) in [6.07, 6.45) is 1.98. The Morgan fingerprint density at radius 2 is 2.14 bits per heavy atom. The van der Waals surface area contributed by atoms with E-state index in [4.69, 9.17) is 21.6 Å². The molecule has 0 spiro atoms. The van der Waals surface area contributed by atoms with Crippen LogP contribution in [0.1, 0.15) is 12.0 Å². The normalized spacial score (nSPS) is 14.5. The van der Waals surface area contributed by atoms with Gasteiger partial charge in [0.05, 0.1) is 0 Å². The van der Waals surface area contributed by atoms with Gasteiger partial charge in [0.1, 0.15) is 0 Å². The van der Waals surface area contributed by atoms with Gasteiger partial charge in [0, 0.05) is 22.7 Å². The fourth-order valence-corrected chi connectivity index (χ4v) is 2.04. The van der Waals surface area contributed by atoms with Crippen LogP contribution in [0.4, 0.5) is 5.69 Å². The van der Waals surface area contributed by atoms with Crippen LogP contribution in [0.2, 0.25) is 5.02 Å². The van der Waals surface area contributed by atoms with Crippen LogP contribution < -0.4 is 10.8 Å². The van der Waals surface area contributed by atoms with E-state index in [9.17, 15) is 0 Å². The van der Waals surface area contributed by atoms with Crippen LogP contribution in [0.3, 0.4) is 0 Å². The molecule has 0 saturated heterocycles. The summed E-state index contributed by atoms with van der Waals surface area (Å²) in [5.74, 6) is 0. The number of hydrogen-bond acceptors (Lipinski definition) is 3. The molecule has 0 unspecified atom stereocenters. The molecular weight excluding hydrogens is 200 g/mol. The van der Waals surface area contributed by atoms with Crippen LogP contribution in [0.25, 0.3) is 0 Å². The van der Waals surface area contributed by atoms with Gasteiger partial charge in [-0.25, -0.2) is 0 Å². The third-order valence-electron chi connectivity index (χ3n) is 2.42. The van der Waals surface area contributed by atoms with Crippen molar-refractivity contribution in [2.75, 3.05) is 11.9 Å². The third kappa shape index (κ3) is 1.73. The van der Waals surface area contributed by atoms with Crippen molar-refractivity contribution in [2.45, 2.75) is 12.8 Å². The number of halogens is 1. The lowest BCUT2D eigenvalue weighted by atomic mass is 9.77. The van der Waals surface area contributed by atoms with Crippen molar-refractivity contribution in [1.29, 1.82) is 0 Å². The Kier molecular flexibility index (Phi) is 2.68. The van der Waals surface area contributed by atoms with E-state index in [1.807, 2.05) is 6.07 Å². The summed E-state index contributed by atoms with van der Waals surface area (Å²) in [7, 11) is -1.46. The number of anilines is 1. The molecule has 0 fully saturated rings. The Morgan fingerprint density at radius 3 is 2.86 bits per heavy atom. The van der Waals surface area contributed by atoms with Gasteiger partial charge in [-0.15, -0.1) is 0 Å². The molecule has 1 aliphatic heterocycles. The molecule has 2 rings (SSSR count). The van der Waals surface area contributed by atoms with E-state index in [1.165, 1.54) is 0 Å². The van der Waals surface area contributed by atoms with E-state index in [1.54, 1.807) is 6.07 Å². The summed E-state index contributed by atoms with van der Waals surface area (Å²) in [6.45, 7) is 0.869. The number of benzene rings is 1. The van der Waals surface area contributed by atoms with Crippen LogP contribution in [-0.2, 0) is 6.42 Å². The van der Waals surface area contributed by atoms with Gasteiger partial charge < -0.3 is 15.4 Å². The van der Waals surface area contributed by atoms with Crippen LogP contribution in [0.5, 0.6) is 0 Å². The van der Waals surface area contributed by atoms with Crippen molar-refractivity contribution in [1.82, 2.24) is 0 Å². The molecule has 1 aromatic carbocycles. The predicted octanol–water partition coefficient (Wildman–Crippen LogP) is 0.378. The first kappa shape index (κ1) is 9.83. The van der Waals surface area contributed by atoms with E-state index < -0.39 is 7.12 Å². The van der Waals surface area contributed by atoms with Gasteiger partial charge in [0.25, 0.3) is 0 Å². The molecule has 0 radical (unpaired) electrons. The molecule has 3 N–H and O–H groups in total.